The molecule has 36 heavy (non-hydrogen) atoms. The van der Waals surface area contributed by atoms with Gasteiger partial charge < -0.3 is 0 Å². The van der Waals surface area contributed by atoms with Gasteiger partial charge in [0.25, 0.3) is 10.1 Å². The van der Waals surface area contributed by atoms with E-state index in [0.717, 1.165) is 43.2 Å². The molecule has 0 atom stereocenters. The van der Waals surface area contributed by atoms with Crippen molar-refractivity contribution in [3.05, 3.63) is 127 Å². The van der Waals surface area contributed by atoms with E-state index in [1.807, 2.05) is 122 Å². The summed E-state index contributed by atoms with van der Waals surface area (Å²) in [6.45, 7) is 2.00. The zero-order chi connectivity index (χ0) is 25.1. The Morgan fingerprint density at radius 1 is 0.583 bits per heavy atom. The van der Waals surface area contributed by atoms with Crippen molar-refractivity contribution >= 4 is 21.9 Å². The largest absolute Gasteiger partial charge is 0.295 e. The molecule has 5 aromatic carbocycles. The van der Waals surface area contributed by atoms with E-state index in [-0.39, 0.29) is 4.90 Å². The molecule has 0 aliphatic heterocycles. The summed E-state index contributed by atoms with van der Waals surface area (Å²) < 4.78 is 35.9. The highest BCUT2D eigenvalue weighted by Gasteiger charge is 2.25. The normalized spacial score (nSPS) is 11.4. The van der Waals surface area contributed by atoms with Crippen LogP contribution in [-0.4, -0.2) is 13.0 Å². The van der Waals surface area contributed by atoms with Gasteiger partial charge >= 0.3 is 0 Å². The second-order valence-electron chi connectivity index (χ2n) is 8.44. The molecular formula is C31H24O3S2. The standard InChI is InChI=1S/C31H24O3S2/c1-22-28(23-11-5-2-6-12-23)21-29(36(32,33)34)31(30(22)24-13-7-3-8-14-24)25-17-19-27(20-18-25)35-26-15-9-4-10-16-26/h2-21H,1H3,(H,32,33,34). The van der Waals surface area contributed by atoms with Gasteiger partial charge in [0, 0.05) is 15.4 Å². The SMILES string of the molecule is Cc1c(-c2ccccc2)cc(S(=O)(=O)O)c(-c2ccc(Sc3ccccc3)cc2)c1-c1ccccc1. The molecule has 0 unspecified atom stereocenters. The fraction of sp³-hybridized carbons (Fsp3) is 0.0323. The lowest BCUT2D eigenvalue weighted by atomic mass is 9.86. The van der Waals surface area contributed by atoms with Gasteiger partial charge in [0.15, 0.2) is 0 Å². The smallest absolute Gasteiger partial charge is 0.282 e. The monoisotopic (exact) mass is 508 g/mol. The third-order valence-electron chi connectivity index (χ3n) is 6.10. The predicted molar refractivity (Wildman–Crippen MR) is 148 cm³/mol. The van der Waals surface area contributed by atoms with Gasteiger partial charge in [-0.25, -0.2) is 0 Å². The van der Waals surface area contributed by atoms with Crippen LogP contribution in [-0.2, 0) is 10.1 Å². The fourth-order valence-corrected chi connectivity index (χ4v) is 6.03. The summed E-state index contributed by atoms with van der Waals surface area (Å²) in [6.07, 6.45) is 0. The molecule has 0 bridgehead atoms. The Balaban J connectivity index is 1.74. The Labute approximate surface area is 216 Å². The van der Waals surface area contributed by atoms with Crippen molar-refractivity contribution in [2.24, 2.45) is 0 Å². The molecular weight excluding hydrogens is 484 g/mol. The van der Waals surface area contributed by atoms with Crippen LogP contribution in [0, 0.1) is 6.92 Å². The first-order valence-corrected chi connectivity index (χ1v) is 13.8. The summed E-state index contributed by atoms with van der Waals surface area (Å²) in [5, 5.41) is 0. The minimum Gasteiger partial charge on any atom is -0.282 e. The van der Waals surface area contributed by atoms with E-state index in [9.17, 15) is 13.0 Å². The van der Waals surface area contributed by atoms with Crippen LogP contribution < -0.4 is 0 Å². The Bertz CT molecular complexity index is 1600. The highest BCUT2D eigenvalue weighted by molar-refractivity contribution is 7.99. The Kier molecular flexibility index (Phi) is 6.79. The number of rotatable bonds is 6. The molecule has 0 aliphatic rings. The van der Waals surface area contributed by atoms with Crippen LogP contribution in [0.4, 0.5) is 0 Å². The molecule has 0 fully saturated rings. The molecule has 5 heteroatoms. The van der Waals surface area contributed by atoms with Gasteiger partial charge in [-0.1, -0.05) is 103 Å². The molecule has 178 valence electrons. The minimum absolute atomic E-state index is 0.103. The average Bonchev–Trinajstić information content (AvgIpc) is 2.90. The molecule has 0 saturated heterocycles. The highest BCUT2D eigenvalue weighted by atomic mass is 32.2. The predicted octanol–water partition coefficient (Wildman–Crippen LogP) is 8.39. The summed E-state index contributed by atoms with van der Waals surface area (Å²) in [7, 11) is -4.52. The van der Waals surface area contributed by atoms with Gasteiger partial charge in [-0.3, -0.25) is 4.55 Å². The van der Waals surface area contributed by atoms with Gasteiger partial charge in [-0.15, -0.1) is 0 Å². The molecule has 0 aromatic heterocycles. The Morgan fingerprint density at radius 3 is 1.61 bits per heavy atom. The van der Waals surface area contributed by atoms with Crippen molar-refractivity contribution in [3.8, 4) is 33.4 Å². The quantitative estimate of drug-likeness (QED) is 0.234. The second kappa shape index (κ2) is 10.2. The van der Waals surface area contributed by atoms with Crippen LogP contribution in [0.1, 0.15) is 5.56 Å². The molecule has 3 nitrogen and oxygen atoms in total. The van der Waals surface area contributed by atoms with Crippen molar-refractivity contribution < 1.29 is 13.0 Å². The molecule has 0 aliphatic carbocycles. The zero-order valence-corrected chi connectivity index (χ0v) is 21.3. The van der Waals surface area contributed by atoms with Crippen molar-refractivity contribution in [1.29, 1.82) is 0 Å². The van der Waals surface area contributed by atoms with Crippen molar-refractivity contribution in [1.82, 2.24) is 0 Å². The van der Waals surface area contributed by atoms with E-state index in [2.05, 4.69) is 0 Å². The van der Waals surface area contributed by atoms with Gasteiger partial charge in [-0.05, 0) is 70.6 Å². The van der Waals surface area contributed by atoms with Crippen LogP contribution in [0.2, 0.25) is 0 Å². The van der Waals surface area contributed by atoms with E-state index >= 15 is 0 Å². The first kappa shape index (κ1) is 24.1. The summed E-state index contributed by atoms with van der Waals surface area (Å²) in [5.41, 5.74) is 5.49. The third-order valence-corrected chi connectivity index (χ3v) is 7.99. The summed E-state index contributed by atoms with van der Waals surface area (Å²) in [4.78, 5) is 2.06. The maximum atomic E-state index is 12.8. The van der Waals surface area contributed by atoms with Crippen LogP contribution in [0.3, 0.4) is 0 Å². The first-order chi connectivity index (χ1) is 17.4. The average molecular weight is 509 g/mol. The van der Waals surface area contributed by atoms with Crippen molar-refractivity contribution in [3.63, 3.8) is 0 Å². The van der Waals surface area contributed by atoms with Gasteiger partial charge in [0.05, 0.1) is 0 Å². The Morgan fingerprint density at radius 2 is 1.06 bits per heavy atom. The summed E-state index contributed by atoms with van der Waals surface area (Å²) in [5.74, 6) is 0. The van der Waals surface area contributed by atoms with E-state index in [0.29, 0.717) is 5.56 Å². The lowest BCUT2D eigenvalue weighted by molar-refractivity contribution is 0.483. The molecule has 1 N–H and O–H groups in total. The molecule has 0 amide bonds. The maximum absolute atomic E-state index is 12.8. The van der Waals surface area contributed by atoms with E-state index < -0.39 is 10.1 Å². The zero-order valence-electron chi connectivity index (χ0n) is 19.6. The summed E-state index contributed by atoms with van der Waals surface area (Å²) in [6, 6.07) is 38.8. The lowest BCUT2D eigenvalue weighted by Gasteiger charge is -2.21. The number of hydrogen-bond acceptors (Lipinski definition) is 3. The van der Waals surface area contributed by atoms with Gasteiger partial charge in [0.1, 0.15) is 4.90 Å². The van der Waals surface area contributed by atoms with Crippen molar-refractivity contribution in [2.75, 3.05) is 0 Å². The van der Waals surface area contributed by atoms with Crippen LogP contribution >= 0.6 is 11.8 Å². The molecule has 0 saturated carbocycles. The van der Waals surface area contributed by atoms with E-state index in [1.165, 1.54) is 0 Å². The Hall–Kier alpha value is -3.64. The molecule has 0 radical (unpaired) electrons. The van der Waals surface area contributed by atoms with Crippen molar-refractivity contribution in [2.45, 2.75) is 21.6 Å². The third kappa shape index (κ3) is 5.00. The van der Waals surface area contributed by atoms with Gasteiger partial charge in [-0.2, -0.15) is 8.42 Å². The highest BCUT2D eigenvalue weighted by Crippen LogP contribution is 2.44. The summed E-state index contributed by atoms with van der Waals surface area (Å²) >= 11 is 1.64. The molecule has 5 aromatic rings. The topological polar surface area (TPSA) is 54.4 Å². The molecule has 5 rings (SSSR count). The first-order valence-electron chi connectivity index (χ1n) is 11.5. The van der Waals surface area contributed by atoms with Crippen LogP contribution in [0.25, 0.3) is 33.4 Å². The van der Waals surface area contributed by atoms with Crippen LogP contribution in [0.15, 0.2) is 136 Å². The van der Waals surface area contributed by atoms with Crippen LogP contribution in [0.5, 0.6) is 0 Å². The van der Waals surface area contributed by atoms with E-state index in [4.69, 9.17) is 0 Å². The van der Waals surface area contributed by atoms with E-state index in [1.54, 1.807) is 17.8 Å². The fourth-order valence-electron chi connectivity index (χ4n) is 4.44. The second-order valence-corrected chi connectivity index (χ2v) is 11.0. The lowest BCUT2D eigenvalue weighted by Crippen LogP contribution is -2.05. The molecule has 0 spiro atoms. The molecule has 0 heterocycles. The maximum Gasteiger partial charge on any atom is 0.295 e. The number of benzene rings is 5. The number of hydrogen-bond donors (Lipinski definition) is 1. The minimum atomic E-state index is -4.52. The van der Waals surface area contributed by atoms with Gasteiger partial charge in [0.2, 0.25) is 0 Å².